The average molecular weight is 416 g/mol. The number of nitrogens with one attached hydrogen (secondary N) is 2. The summed E-state index contributed by atoms with van der Waals surface area (Å²) in [5.41, 5.74) is 1.80. The molecule has 0 radical (unpaired) electrons. The van der Waals surface area contributed by atoms with Gasteiger partial charge in [0.05, 0.1) is 6.54 Å². The van der Waals surface area contributed by atoms with Crippen molar-refractivity contribution in [2.24, 2.45) is 5.92 Å². The summed E-state index contributed by atoms with van der Waals surface area (Å²) in [7, 11) is 0. The zero-order chi connectivity index (χ0) is 20.6. The van der Waals surface area contributed by atoms with E-state index in [1.165, 1.54) is 0 Å². The van der Waals surface area contributed by atoms with Crippen molar-refractivity contribution >= 4 is 29.2 Å². The maximum absolute atomic E-state index is 12.4. The van der Waals surface area contributed by atoms with E-state index in [0.717, 1.165) is 17.0 Å². The van der Waals surface area contributed by atoms with Crippen LogP contribution in [-0.4, -0.2) is 43.1 Å². The van der Waals surface area contributed by atoms with Crippen molar-refractivity contribution in [3.63, 3.8) is 0 Å². The molecule has 6 nitrogen and oxygen atoms in total. The highest BCUT2D eigenvalue weighted by Gasteiger charge is 2.27. The van der Waals surface area contributed by atoms with Crippen molar-refractivity contribution in [3.05, 3.63) is 59.1 Å². The van der Waals surface area contributed by atoms with E-state index >= 15 is 0 Å². The number of hydrogen-bond acceptors (Lipinski definition) is 3. The summed E-state index contributed by atoms with van der Waals surface area (Å²) in [5, 5.41) is 6.42. The Morgan fingerprint density at radius 2 is 1.79 bits per heavy atom. The van der Waals surface area contributed by atoms with Crippen LogP contribution in [0.15, 0.2) is 48.5 Å². The van der Waals surface area contributed by atoms with Gasteiger partial charge in [-0.25, -0.2) is 4.79 Å². The molecule has 2 aromatic carbocycles. The molecule has 1 saturated heterocycles. The monoisotopic (exact) mass is 415 g/mol. The molecule has 154 valence electrons. The first-order valence-corrected chi connectivity index (χ1v) is 10.2. The lowest BCUT2D eigenvalue weighted by atomic mass is 9.96. The van der Waals surface area contributed by atoms with Crippen molar-refractivity contribution in [2.75, 3.05) is 31.6 Å². The third-order valence-electron chi connectivity index (χ3n) is 4.99. The van der Waals surface area contributed by atoms with Gasteiger partial charge < -0.3 is 20.3 Å². The molecule has 1 aliphatic heterocycles. The minimum Gasteiger partial charge on any atom is -0.491 e. The molecule has 7 heteroatoms. The molecule has 1 heterocycles. The minimum absolute atomic E-state index is 0.0148. The molecule has 0 aliphatic carbocycles. The number of urea groups is 1. The van der Waals surface area contributed by atoms with E-state index < -0.39 is 0 Å². The number of benzene rings is 2. The summed E-state index contributed by atoms with van der Waals surface area (Å²) in [4.78, 5) is 26.5. The van der Waals surface area contributed by atoms with E-state index in [1.54, 1.807) is 29.2 Å². The van der Waals surface area contributed by atoms with Crippen molar-refractivity contribution in [3.8, 4) is 5.75 Å². The smallest absolute Gasteiger partial charge is 0.317 e. The first kappa shape index (κ1) is 21.0. The van der Waals surface area contributed by atoms with Crippen LogP contribution < -0.4 is 15.4 Å². The van der Waals surface area contributed by atoms with Crippen LogP contribution in [0, 0.1) is 12.8 Å². The van der Waals surface area contributed by atoms with Gasteiger partial charge in [0.25, 0.3) is 0 Å². The highest BCUT2D eigenvalue weighted by Crippen LogP contribution is 2.21. The molecule has 1 aliphatic rings. The number of carbonyl (C=O) groups excluding carboxylic acids is 2. The Bertz CT molecular complexity index is 833. The van der Waals surface area contributed by atoms with Crippen LogP contribution in [-0.2, 0) is 4.79 Å². The first-order valence-electron chi connectivity index (χ1n) is 9.80. The van der Waals surface area contributed by atoms with Crippen LogP contribution in [0.25, 0.3) is 0 Å². The number of carbonyl (C=O) groups is 2. The molecule has 1 fully saturated rings. The number of halogens is 1. The van der Waals surface area contributed by atoms with E-state index in [1.807, 2.05) is 31.2 Å². The molecule has 3 rings (SSSR count). The number of hydrogen-bond donors (Lipinski definition) is 2. The summed E-state index contributed by atoms with van der Waals surface area (Å²) < 4.78 is 5.69. The standard InChI is InChI=1S/C22H26ClN3O3/c1-16-4-2-3-5-20(16)29-15-12-24-22(28)26-13-10-17(11-14-26)21(27)25-19-8-6-18(23)7-9-19/h2-9,17H,10-15H2,1H3,(H,24,28)(H,25,27). The molecule has 29 heavy (non-hydrogen) atoms. The number of nitrogens with zero attached hydrogens (tertiary/aromatic N) is 1. The Labute approximate surface area is 176 Å². The summed E-state index contributed by atoms with van der Waals surface area (Å²) in [6.07, 6.45) is 1.29. The summed E-state index contributed by atoms with van der Waals surface area (Å²) in [6.45, 7) is 3.95. The van der Waals surface area contributed by atoms with Crippen LogP contribution in [0.2, 0.25) is 5.02 Å². The SMILES string of the molecule is Cc1ccccc1OCCNC(=O)N1CCC(C(=O)Nc2ccc(Cl)cc2)CC1. The van der Waals surface area contributed by atoms with Crippen molar-refractivity contribution in [1.82, 2.24) is 10.2 Å². The van der Waals surface area contributed by atoms with E-state index in [2.05, 4.69) is 10.6 Å². The molecule has 0 atom stereocenters. The second-order valence-electron chi connectivity index (χ2n) is 7.10. The lowest BCUT2D eigenvalue weighted by Gasteiger charge is -2.31. The summed E-state index contributed by atoms with van der Waals surface area (Å²) >= 11 is 5.86. The largest absolute Gasteiger partial charge is 0.491 e. The van der Waals surface area contributed by atoms with Crippen molar-refractivity contribution in [1.29, 1.82) is 0 Å². The summed E-state index contributed by atoms with van der Waals surface area (Å²) in [6, 6.07) is 14.7. The number of rotatable bonds is 6. The van der Waals surface area contributed by atoms with Gasteiger partial charge in [-0.05, 0) is 55.7 Å². The van der Waals surface area contributed by atoms with Gasteiger partial charge in [-0.15, -0.1) is 0 Å². The molecule has 3 amide bonds. The molecule has 0 aromatic heterocycles. The van der Waals surface area contributed by atoms with Gasteiger partial charge in [0.15, 0.2) is 0 Å². The fraction of sp³-hybridized carbons (Fsp3) is 0.364. The van der Waals surface area contributed by atoms with Gasteiger partial charge in [0.2, 0.25) is 5.91 Å². The van der Waals surface area contributed by atoms with E-state index in [-0.39, 0.29) is 17.9 Å². The minimum atomic E-state index is -0.116. The number of ether oxygens (including phenoxy) is 1. The van der Waals surface area contributed by atoms with Crippen LogP contribution in [0.5, 0.6) is 5.75 Å². The normalized spacial score (nSPS) is 14.3. The molecule has 0 bridgehead atoms. The molecular weight excluding hydrogens is 390 g/mol. The number of aryl methyl sites for hydroxylation is 1. The number of amides is 3. The van der Waals surface area contributed by atoms with E-state index in [9.17, 15) is 9.59 Å². The lowest BCUT2D eigenvalue weighted by molar-refractivity contribution is -0.121. The Balaban J connectivity index is 1.36. The first-order chi connectivity index (χ1) is 14.0. The third kappa shape index (κ3) is 6.12. The summed E-state index contributed by atoms with van der Waals surface area (Å²) in [5.74, 6) is 0.715. The Morgan fingerprint density at radius 1 is 1.10 bits per heavy atom. The average Bonchev–Trinajstić information content (AvgIpc) is 2.74. The van der Waals surface area contributed by atoms with Gasteiger partial charge in [0.1, 0.15) is 12.4 Å². The predicted octanol–water partition coefficient (Wildman–Crippen LogP) is 4.09. The number of likely N-dealkylation sites (tertiary alicyclic amines) is 1. The highest BCUT2D eigenvalue weighted by molar-refractivity contribution is 6.30. The zero-order valence-electron chi connectivity index (χ0n) is 16.5. The molecule has 0 spiro atoms. The van der Waals surface area contributed by atoms with E-state index in [0.29, 0.717) is 44.1 Å². The fourth-order valence-electron chi connectivity index (χ4n) is 3.27. The second kappa shape index (κ2) is 10.2. The van der Waals surface area contributed by atoms with Crippen molar-refractivity contribution in [2.45, 2.75) is 19.8 Å². The van der Waals surface area contributed by atoms with Gasteiger partial charge >= 0.3 is 6.03 Å². The molecule has 2 N–H and O–H groups in total. The Hall–Kier alpha value is -2.73. The number of anilines is 1. The van der Waals surface area contributed by atoms with Gasteiger partial charge in [-0.1, -0.05) is 29.8 Å². The van der Waals surface area contributed by atoms with Crippen LogP contribution in [0.1, 0.15) is 18.4 Å². The van der Waals surface area contributed by atoms with Crippen LogP contribution in [0.3, 0.4) is 0 Å². The molecule has 0 saturated carbocycles. The molecule has 0 unspecified atom stereocenters. The molecular formula is C22H26ClN3O3. The third-order valence-corrected chi connectivity index (χ3v) is 5.25. The zero-order valence-corrected chi connectivity index (χ0v) is 17.2. The van der Waals surface area contributed by atoms with Crippen LogP contribution >= 0.6 is 11.6 Å². The van der Waals surface area contributed by atoms with Gasteiger partial charge in [-0.3, -0.25) is 4.79 Å². The molecule has 2 aromatic rings. The van der Waals surface area contributed by atoms with Crippen LogP contribution in [0.4, 0.5) is 10.5 Å². The predicted molar refractivity (Wildman–Crippen MR) is 114 cm³/mol. The quantitative estimate of drug-likeness (QED) is 0.698. The number of piperidine rings is 1. The maximum Gasteiger partial charge on any atom is 0.317 e. The van der Waals surface area contributed by atoms with E-state index in [4.69, 9.17) is 16.3 Å². The Morgan fingerprint density at radius 3 is 2.48 bits per heavy atom. The lowest BCUT2D eigenvalue weighted by Crippen LogP contribution is -2.46. The maximum atomic E-state index is 12.4. The second-order valence-corrected chi connectivity index (χ2v) is 7.54. The number of para-hydroxylation sites is 1. The Kier molecular flexibility index (Phi) is 7.36. The van der Waals surface area contributed by atoms with Gasteiger partial charge in [0, 0.05) is 29.7 Å². The topological polar surface area (TPSA) is 70.7 Å². The highest BCUT2D eigenvalue weighted by atomic mass is 35.5. The van der Waals surface area contributed by atoms with Crippen molar-refractivity contribution < 1.29 is 14.3 Å². The fourth-order valence-corrected chi connectivity index (χ4v) is 3.40. The van der Waals surface area contributed by atoms with Gasteiger partial charge in [-0.2, -0.15) is 0 Å².